The smallest absolute Gasteiger partial charge is 0.0235 e. The summed E-state index contributed by atoms with van der Waals surface area (Å²) < 4.78 is 0. The average molecular weight is 254 g/mol. The molecule has 2 aromatic rings. The lowest BCUT2D eigenvalue weighted by atomic mass is 10.0. The summed E-state index contributed by atoms with van der Waals surface area (Å²) in [4.78, 5) is 4.96. The van der Waals surface area contributed by atoms with Gasteiger partial charge in [-0.05, 0) is 36.4 Å². The minimum absolute atomic E-state index is 1.08. The van der Waals surface area contributed by atoms with E-state index in [1.54, 1.807) is 0 Å². The van der Waals surface area contributed by atoms with Crippen LogP contribution in [0.2, 0.25) is 0 Å². The zero-order valence-corrected chi connectivity index (χ0v) is 11.9. The van der Waals surface area contributed by atoms with Crippen LogP contribution in [0.1, 0.15) is 11.1 Å². The molecule has 0 unspecified atom stereocenters. The van der Waals surface area contributed by atoms with E-state index in [4.69, 9.17) is 0 Å². The molecule has 0 bridgehead atoms. The van der Waals surface area contributed by atoms with Gasteiger partial charge in [-0.15, -0.1) is 0 Å². The standard InChI is InChI=1S/C17H22N2/c1-14-3-5-16-6-4-15(12-17(16)11-14)13-19-9-7-18(2)8-10-19/h3-6,11-12H,7-10,13H2,1-2H3. The lowest BCUT2D eigenvalue weighted by Gasteiger charge is -2.32. The fraction of sp³-hybridized carbons (Fsp3) is 0.412. The van der Waals surface area contributed by atoms with Gasteiger partial charge in [0.2, 0.25) is 0 Å². The van der Waals surface area contributed by atoms with Crippen molar-refractivity contribution in [2.45, 2.75) is 13.5 Å². The van der Waals surface area contributed by atoms with E-state index in [1.165, 1.54) is 48.1 Å². The van der Waals surface area contributed by atoms with E-state index in [9.17, 15) is 0 Å². The Morgan fingerprint density at radius 2 is 1.63 bits per heavy atom. The third-order valence-electron chi connectivity index (χ3n) is 4.06. The normalized spacial score (nSPS) is 18.0. The molecule has 0 radical (unpaired) electrons. The van der Waals surface area contributed by atoms with Gasteiger partial charge in [-0.1, -0.05) is 35.9 Å². The molecule has 0 aliphatic carbocycles. The van der Waals surface area contributed by atoms with Gasteiger partial charge in [-0.2, -0.15) is 0 Å². The number of piperazine rings is 1. The van der Waals surface area contributed by atoms with Gasteiger partial charge in [0, 0.05) is 32.7 Å². The number of fused-ring (bicyclic) bond motifs is 1. The number of likely N-dealkylation sites (N-methyl/N-ethyl adjacent to an activating group) is 1. The molecule has 0 spiro atoms. The molecule has 1 aliphatic rings. The summed E-state index contributed by atoms with van der Waals surface area (Å²) in [6, 6.07) is 13.5. The van der Waals surface area contributed by atoms with E-state index in [1.807, 2.05) is 0 Å². The molecule has 0 N–H and O–H groups in total. The van der Waals surface area contributed by atoms with Crippen molar-refractivity contribution in [1.29, 1.82) is 0 Å². The molecule has 0 saturated carbocycles. The Hall–Kier alpha value is -1.38. The van der Waals surface area contributed by atoms with Crippen molar-refractivity contribution < 1.29 is 0 Å². The summed E-state index contributed by atoms with van der Waals surface area (Å²) in [5.41, 5.74) is 2.77. The molecule has 19 heavy (non-hydrogen) atoms. The Balaban J connectivity index is 1.77. The average Bonchev–Trinajstić information content (AvgIpc) is 2.41. The predicted molar refractivity (Wildman–Crippen MR) is 81.5 cm³/mol. The maximum Gasteiger partial charge on any atom is 0.0235 e. The highest BCUT2D eigenvalue weighted by molar-refractivity contribution is 5.83. The van der Waals surface area contributed by atoms with Crippen LogP contribution in [0.4, 0.5) is 0 Å². The third-order valence-corrected chi connectivity index (χ3v) is 4.06. The highest BCUT2D eigenvalue weighted by Crippen LogP contribution is 2.19. The Bertz CT molecular complexity index is 568. The minimum Gasteiger partial charge on any atom is -0.304 e. The second kappa shape index (κ2) is 5.32. The number of nitrogens with zero attached hydrogens (tertiary/aromatic N) is 2. The summed E-state index contributed by atoms with van der Waals surface area (Å²) in [7, 11) is 2.20. The third kappa shape index (κ3) is 2.96. The molecule has 1 aliphatic heterocycles. The van der Waals surface area contributed by atoms with Crippen molar-refractivity contribution in [1.82, 2.24) is 9.80 Å². The van der Waals surface area contributed by atoms with E-state index in [0.717, 1.165) is 6.54 Å². The first kappa shape index (κ1) is 12.6. The first-order valence-corrected chi connectivity index (χ1v) is 7.11. The Kier molecular flexibility index (Phi) is 3.54. The number of rotatable bonds is 2. The van der Waals surface area contributed by atoms with Crippen LogP contribution in [0.15, 0.2) is 36.4 Å². The van der Waals surface area contributed by atoms with Gasteiger partial charge in [-0.25, -0.2) is 0 Å². The zero-order chi connectivity index (χ0) is 13.2. The van der Waals surface area contributed by atoms with Crippen molar-refractivity contribution in [2.75, 3.05) is 33.2 Å². The maximum atomic E-state index is 2.55. The van der Waals surface area contributed by atoms with Crippen LogP contribution in [-0.2, 0) is 6.54 Å². The molecule has 1 saturated heterocycles. The van der Waals surface area contributed by atoms with Gasteiger partial charge in [0.1, 0.15) is 0 Å². The van der Waals surface area contributed by atoms with Crippen LogP contribution < -0.4 is 0 Å². The lowest BCUT2D eigenvalue weighted by molar-refractivity contribution is 0.148. The van der Waals surface area contributed by atoms with Crippen molar-refractivity contribution in [3.05, 3.63) is 47.5 Å². The van der Waals surface area contributed by atoms with E-state index in [-0.39, 0.29) is 0 Å². The molecule has 3 rings (SSSR count). The first-order chi connectivity index (χ1) is 9.20. The SMILES string of the molecule is Cc1ccc2ccc(CN3CCN(C)CC3)cc2c1. The van der Waals surface area contributed by atoms with Crippen molar-refractivity contribution in [3.8, 4) is 0 Å². The quantitative estimate of drug-likeness (QED) is 0.813. The van der Waals surface area contributed by atoms with Crippen LogP contribution in [0.3, 0.4) is 0 Å². The van der Waals surface area contributed by atoms with Gasteiger partial charge >= 0.3 is 0 Å². The molecule has 2 aromatic carbocycles. The van der Waals surface area contributed by atoms with E-state index in [0.29, 0.717) is 0 Å². The summed E-state index contributed by atoms with van der Waals surface area (Å²) in [6.45, 7) is 7.98. The molecule has 1 heterocycles. The Morgan fingerprint density at radius 3 is 2.42 bits per heavy atom. The summed E-state index contributed by atoms with van der Waals surface area (Å²) >= 11 is 0. The molecule has 2 heteroatoms. The van der Waals surface area contributed by atoms with Gasteiger partial charge in [0.05, 0.1) is 0 Å². The predicted octanol–water partition coefficient (Wildman–Crippen LogP) is 2.90. The Labute approximate surface area is 115 Å². The van der Waals surface area contributed by atoms with Gasteiger partial charge in [-0.3, -0.25) is 4.90 Å². The number of hydrogen-bond donors (Lipinski definition) is 0. The second-order valence-electron chi connectivity index (χ2n) is 5.76. The molecular weight excluding hydrogens is 232 g/mol. The topological polar surface area (TPSA) is 6.48 Å². The van der Waals surface area contributed by atoms with Crippen LogP contribution in [-0.4, -0.2) is 43.0 Å². The fourth-order valence-electron chi connectivity index (χ4n) is 2.78. The summed E-state index contributed by atoms with van der Waals surface area (Å²) in [6.07, 6.45) is 0. The molecule has 0 amide bonds. The largest absolute Gasteiger partial charge is 0.304 e. The number of hydrogen-bond acceptors (Lipinski definition) is 2. The van der Waals surface area contributed by atoms with Crippen LogP contribution >= 0.6 is 0 Å². The Morgan fingerprint density at radius 1 is 0.895 bits per heavy atom. The number of aryl methyl sites for hydroxylation is 1. The zero-order valence-electron chi connectivity index (χ0n) is 11.9. The molecule has 100 valence electrons. The first-order valence-electron chi connectivity index (χ1n) is 7.11. The van der Waals surface area contributed by atoms with E-state index >= 15 is 0 Å². The van der Waals surface area contributed by atoms with Crippen molar-refractivity contribution in [3.63, 3.8) is 0 Å². The lowest BCUT2D eigenvalue weighted by Crippen LogP contribution is -2.43. The van der Waals surface area contributed by atoms with Gasteiger partial charge in [0.15, 0.2) is 0 Å². The van der Waals surface area contributed by atoms with Crippen LogP contribution in [0.25, 0.3) is 10.8 Å². The maximum absolute atomic E-state index is 2.55. The molecule has 1 fully saturated rings. The summed E-state index contributed by atoms with van der Waals surface area (Å²) in [5, 5.41) is 2.71. The van der Waals surface area contributed by atoms with Crippen LogP contribution in [0.5, 0.6) is 0 Å². The van der Waals surface area contributed by atoms with Gasteiger partial charge in [0.25, 0.3) is 0 Å². The van der Waals surface area contributed by atoms with Crippen molar-refractivity contribution >= 4 is 10.8 Å². The number of benzene rings is 2. The van der Waals surface area contributed by atoms with E-state index < -0.39 is 0 Å². The van der Waals surface area contributed by atoms with Crippen LogP contribution in [0, 0.1) is 6.92 Å². The highest BCUT2D eigenvalue weighted by Gasteiger charge is 2.13. The molecular formula is C17H22N2. The monoisotopic (exact) mass is 254 g/mol. The molecule has 0 aromatic heterocycles. The fourth-order valence-corrected chi connectivity index (χ4v) is 2.78. The van der Waals surface area contributed by atoms with Gasteiger partial charge < -0.3 is 4.90 Å². The minimum atomic E-state index is 1.08. The van der Waals surface area contributed by atoms with Crippen molar-refractivity contribution in [2.24, 2.45) is 0 Å². The van der Waals surface area contributed by atoms with E-state index in [2.05, 4.69) is 60.2 Å². The second-order valence-corrected chi connectivity index (χ2v) is 5.76. The molecule has 0 atom stereocenters. The summed E-state index contributed by atoms with van der Waals surface area (Å²) in [5.74, 6) is 0. The molecule has 2 nitrogen and oxygen atoms in total. The highest BCUT2D eigenvalue weighted by atomic mass is 15.2.